The van der Waals surface area contributed by atoms with E-state index in [-0.39, 0.29) is 17.4 Å². The summed E-state index contributed by atoms with van der Waals surface area (Å²) >= 11 is 7.32. The van der Waals surface area contributed by atoms with Crippen LogP contribution in [0.3, 0.4) is 0 Å². The minimum atomic E-state index is -0.469. The molecule has 8 heteroatoms. The molecule has 4 rings (SSSR count). The zero-order valence-electron chi connectivity index (χ0n) is 18.0. The Balaban J connectivity index is 1.57. The van der Waals surface area contributed by atoms with Gasteiger partial charge >= 0.3 is 0 Å². The lowest BCUT2D eigenvalue weighted by molar-refractivity contribution is -0.116. The number of hydrogen-bond acceptors (Lipinski definition) is 6. The molecule has 6 nitrogen and oxygen atoms in total. The van der Waals surface area contributed by atoms with Crippen molar-refractivity contribution in [2.75, 3.05) is 18.2 Å². The number of anilines is 1. The van der Waals surface area contributed by atoms with Crippen LogP contribution in [-0.2, 0) is 9.59 Å². The molecule has 0 radical (unpaired) electrons. The standard InChI is InChI=1S/C25H22ClN3O3S/c1-32-18-11-9-17(10-12-18)28-22(31)14-33-25-19(13-27)23(15-5-7-16(26)8-6-15)24-20(29-25)3-2-4-21(24)30/h5-12,23,29H,2-4,14H2,1H3,(H,28,31)/t23-/m1/s1. The van der Waals surface area contributed by atoms with Crippen molar-refractivity contribution in [1.29, 1.82) is 5.26 Å². The number of Topliss-reactive ketones (excluding diaryl/α,β-unsaturated/α-hetero) is 1. The molecule has 0 spiro atoms. The molecule has 2 N–H and O–H groups in total. The number of carbonyl (C=O) groups is 2. The quantitative estimate of drug-likeness (QED) is 0.595. The number of allylic oxidation sites excluding steroid dienone is 3. The number of ketones is 1. The van der Waals surface area contributed by atoms with Gasteiger partial charge in [0.25, 0.3) is 0 Å². The van der Waals surface area contributed by atoms with E-state index in [0.717, 1.165) is 24.1 Å². The van der Waals surface area contributed by atoms with Crippen LogP contribution in [0, 0.1) is 11.3 Å². The Labute approximate surface area is 201 Å². The molecule has 33 heavy (non-hydrogen) atoms. The summed E-state index contributed by atoms with van der Waals surface area (Å²) in [7, 11) is 1.58. The Hall–Kier alpha value is -3.21. The van der Waals surface area contributed by atoms with E-state index in [0.29, 0.717) is 39.1 Å². The fourth-order valence-electron chi connectivity index (χ4n) is 4.04. The summed E-state index contributed by atoms with van der Waals surface area (Å²) in [5, 5.41) is 17.4. The molecule has 0 saturated heterocycles. The maximum Gasteiger partial charge on any atom is 0.234 e. The van der Waals surface area contributed by atoms with Crippen molar-refractivity contribution in [3.8, 4) is 11.8 Å². The Kier molecular flexibility index (Phi) is 7.07. The highest BCUT2D eigenvalue weighted by Gasteiger charge is 2.37. The van der Waals surface area contributed by atoms with Gasteiger partial charge in [-0.05, 0) is 54.8 Å². The van der Waals surface area contributed by atoms with Crippen LogP contribution in [0.1, 0.15) is 30.7 Å². The maximum absolute atomic E-state index is 12.8. The highest BCUT2D eigenvalue weighted by molar-refractivity contribution is 8.03. The Bertz CT molecular complexity index is 1180. The molecule has 0 aromatic heterocycles. The van der Waals surface area contributed by atoms with Crippen LogP contribution >= 0.6 is 23.4 Å². The summed E-state index contributed by atoms with van der Waals surface area (Å²) in [6.45, 7) is 0. The third-order valence-electron chi connectivity index (χ3n) is 5.59. The predicted molar refractivity (Wildman–Crippen MR) is 130 cm³/mol. The highest BCUT2D eigenvalue weighted by Crippen LogP contribution is 2.44. The number of ether oxygens (including phenoxy) is 1. The lowest BCUT2D eigenvalue weighted by Crippen LogP contribution is -2.31. The number of carbonyl (C=O) groups excluding carboxylic acids is 2. The molecule has 1 atom stereocenters. The van der Waals surface area contributed by atoms with Gasteiger partial charge in [-0.1, -0.05) is 35.5 Å². The number of hydrogen-bond donors (Lipinski definition) is 2. The van der Waals surface area contributed by atoms with Crippen LogP contribution in [-0.4, -0.2) is 24.6 Å². The van der Waals surface area contributed by atoms with Gasteiger partial charge in [-0.3, -0.25) is 9.59 Å². The molecular formula is C25H22ClN3O3S. The smallest absolute Gasteiger partial charge is 0.234 e. The Morgan fingerprint density at radius 2 is 1.94 bits per heavy atom. The van der Waals surface area contributed by atoms with Gasteiger partial charge in [0.2, 0.25) is 5.91 Å². The van der Waals surface area contributed by atoms with Crippen molar-refractivity contribution in [1.82, 2.24) is 5.32 Å². The molecule has 168 valence electrons. The van der Waals surface area contributed by atoms with E-state index in [1.165, 1.54) is 11.8 Å². The zero-order valence-corrected chi connectivity index (χ0v) is 19.6. The summed E-state index contributed by atoms with van der Waals surface area (Å²) in [5.41, 5.74) is 3.42. The van der Waals surface area contributed by atoms with Gasteiger partial charge in [0.15, 0.2) is 5.78 Å². The molecule has 1 aliphatic carbocycles. The number of benzene rings is 2. The van der Waals surface area contributed by atoms with Gasteiger partial charge in [-0.25, -0.2) is 0 Å². The van der Waals surface area contributed by atoms with Crippen LogP contribution in [0.4, 0.5) is 5.69 Å². The molecule has 0 fully saturated rings. The van der Waals surface area contributed by atoms with Crippen molar-refractivity contribution in [3.05, 3.63) is 81.0 Å². The monoisotopic (exact) mass is 479 g/mol. The molecular weight excluding hydrogens is 458 g/mol. The molecule has 2 aromatic carbocycles. The molecule has 1 heterocycles. The van der Waals surface area contributed by atoms with E-state index >= 15 is 0 Å². The van der Waals surface area contributed by atoms with E-state index < -0.39 is 5.92 Å². The number of thioether (sulfide) groups is 1. The van der Waals surface area contributed by atoms with Gasteiger partial charge < -0.3 is 15.4 Å². The first-order valence-corrected chi connectivity index (χ1v) is 11.9. The zero-order chi connectivity index (χ0) is 23.4. The van der Waals surface area contributed by atoms with Crippen molar-refractivity contribution >= 4 is 40.7 Å². The summed E-state index contributed by atoms with van der Waals surface area (Å²) in [6, 6.07) is 16.6. The van der Waals surface area contributed by atoms with Crippen LogP contribution < -0.4 is 15.4 Å². The number of nitriles is 1. The number of rotatable bonds is 6. The average Bonchev–Trinajstić information content (AvgIpc) is 2.83. The third kappa shape index (κ3) is 5.08. The number of dihydropyridines is 1. The Morgan fingerprint density at radius 1 is 1.21 bits per heavy atom. The van der Waals surface area contributed by atoms with E-state index in [2.05, 4.69) is 16.7 Å². The van der Waals surface area contributed by atoms with E-state index in [4.69, 9.17) is 16.3 Å². The second-order valence-electron chi connectivity index (χ2n) is 7.70. The fraction of sp³-hybridized carbons (Fsp3) is 0.240. The summed E-state index contributed by atoms with van der Waals surface area (Å²) in [4.78, 5) is 25.4. The van der Waals surface area contributed by atoms with Gasteiger partial charge in [0.1, 0.15) is 5.75 Å². The first kappa shape index (κ1) is 23.0. The summed E-state index contributed by atoms with van der Waals surface area (Å²) in [5.74, 6) is 0.209. The predicted octanol–water partition coefficient (Wildman–Crippen LogP) is 5.15. The fourth-order valence-corrected chi connectivity index (χ4v) is 5.02. The molecule has 1 amide bonds. The first-order valence-electron chi connectivity index (χ1n) is 10.5. The molecule has 2 aliphatic rings. The lowest BCUT2D eigenvalue weighted by atomic mass is 9.77. The van der Waals surface area contributed by atoms with Gasteiger partial charge in [0.05, 0.1) is 35.5 Å². The Morgan fingerprint density at radius 3 is 2.61 bits per heavy atom. The molecule has 1 aliphatic heterocycles. The summed E-state index contributed by atoms with van der Waals surface area (Å²) < 4.78 is 5.13. The summed E-state index contributed by atoms with van der Waals surface area (Å²) in [6.07, 6.45) is 1.96. The molecule has 0 bridgehead atoms. The number of nitrogens with one attached hydrogen (secondary N) is 2. The molecule has 2 aromatic rings. The van der Waals surface area contributed by atoms with Crippen LogP contribution in [0.15, 0.2) is 70.4 Å². The van der Waals surface area contributed by atoms with Crippen molar-refractivity contribution in [2.45, 2.75) is 25.2 Å². The topological polar surface area (TPSA) is 91.2 Å². The van der Waals surface area contributed by atoms with Crippen LogP contribution in [0.5, 0.6) is 5.75 Å². The SMILES string of the molecule is COc1ccc(NC(=O)CSC2=C(C#N)[C@@H](c3ccc(Cl)cc3)C3=C(CCCC3=O)N2)cc1. The second kappa shape index (κ2) is 10.2. The van der Waals surface area contributed by atoms with E-state index in [9.17, 15) is 14.9 Å². The van der Waals surface area contributed by atoms with Crippen LogP contribution in [0.25, 0.3) is 0 Å². The van der Waals surface area contributed by atoms with Crippen molar-refractivity contribution in [3.63, 3.8) is 0 Å². The van der Waals surface area contributed by atoms with Crippen molar-refractivity contribution < 1.29 is 14.3 Å². The number of methoxy groups -OCH3 is 1. The maximum atomic E-state index is 12.8. The van der Waals surface area contributed by atoms with Gasteiger partial charge in [-0.15, -0.1) is 0 Å². The molecule has 0 saturated carbocycles. The van der Waals surface area contributed by atoms with Gasteiger partial charge in [0, 0.05) is 28.4 Å². The first-order chi connectivity index (χ1) is 16.0. The minimum Gasteiger partial charge on any atom is -0.497 e. The third-order valence-corrected chi connectivity index (χ3v) is 6.86. The van der Waals surface area contributed by atoms with Gasteiger partial charge in [-0.2, -0.15) is 5.26 Å². The number of amides is 1. The second-order valence-corrected chi connectivity index (χ2v) is 9.12. The average molecular weight is 480 g/mol. The lowest BCUT2D eigenvalue weighted by Gasteiger charge is -2.33. The van der Waals surface area contributed by atoms with E-state index in [1.54, 1.807) is 43.5 Å². The van der Waals surface area contributed by atoms with Crippen molar-refractivity contribution in [2.24, 2.45) is 0 Å². The molecule has 0 unspecified atom stereocenters. The number of nitrogens with zero attached hydrogens (tertiary/aromatic N) is 1. The normalized spacial score (nSPS) is 17.7. The number of halogens is 1. The van der Waals surface area contributed by atoms with Crippen LogP contribution in [0.2, 0.25) is 5.02 Å². The largest absolute Gasteiger partial charge is 0.497 e. The minimum absolute atomic E-state index is 0.0535. The highest BCUT2D eigenvalue weighted by atomic mass is 35.5. The van der Waals surface area contributed by atoms with E-state index in [1.807, 2.05) is 12.1 Å².